The first-order valence-corrected chi connectivity index (χ1v) is 8.12. The zero-order valence-corrected chi connectivity index (χ0v) is 13.4. The van der Waals surface area contributed by atoms with Gasteiger partial charge in [-0.15, -0.1) is 0 Å². The van der Waals surface area contributed by atoms with Crippen LogP contribution in [-0.2, 0) is 10.0 Å². The summed E-state index contributed by atoms with van der Waals surface area (Å²) in [6.07, 6.45) is 0. The molecule has 3 N–H and O–H groups in total. The Morgan fingerprint density at radius 2 is 1.96 bits per heavy atom. The lowest BCUT2D eigenvalue weighted by Gasteiger charge is -2.11. The van der Waals surface area contributed by atoms with Crippen molar-refractivity contribution in [3.63, 3.8) is 0 Å². The molecule has 0 radical (unpaired) electrons. The van der Waals surface area contributed by atoms with Crippen LogP contribution >= 0.6 is 11.6 Å². The van der Waals surface area contributed by atoms with Crippen LogP contribution in [0.2, 0.25) is 5.02 Å². The number of hydrogen-bond donors (Lipinski definition) is 2. The van der Waals surface area contributed by atoms with Crippen LogP contribution in [0.5, 0.6) is 5.75 Å². The van der Waals surface area contributed by atoms with Gasteiger partial charge in [0.1, 0.15) is 16.5 Å². The van der Waals surface area contributed by atoms with E-state index < -0.39 is 21.7 Å². The minimum Gasteiger partial charge on any atom is -0.495 e. The summed E-state index contributed by atoms with van der Waals surface area (Å²) in [5, 5.41) is 7.66. The third-order valence-electron chi connectivity index (χ3n) is 2.90. The monoisotopic (exact) mass is 358 g/mol. The van der Waals surface area contributed by atoms with Gasteiger partial charge < -0.3 is 10.1 Å². The topological polar surface area (TPSA) is 98.5 Å². The van der Waals surface area contributed by atoms with Gasteiger partial charge in [0.15, 0.2) is 0 Å². The number of nitrogens with two attached hydrogens (primary N) is 1. The molecule has 9 heteroatoms. The van der Waals surface area contributed by atoms with E-state index in [9.17, 15) is 17.6 Å². The van der Waals surface area contributed by atoms with Crippen molar-refractivity contribution < 1.29 is 22.3 Å². The molecule has 0 unspecified atom stereocenters. The highest BCUT2D eigenvalue weighted by Gasteiger charge is 2.18. The number of carbonyl (C=O) groups is 1. The van der Waals surface area contributed by atoms with Gasteiger partial charge in [0.2, 0.25) is 10.0 Å². The van der Waals surface area contributed by atoms with Crippen LogP contribution in [0, 0.1) is 5.82 Å². The second kappa shape index (κ2) is 6.53. The number of hydrogen-bond acceptors (Lipinski definition) is 4. The van der Waals surface area contributed by atoms with Crippen molar-refractivity contribution in [3.8, 4) is 5.75 Å². The zero-order valence-electron chi connectivity index (χ0n) is 11.8. The Balaban J connectivity index is 2.37. The summed E-state index contributed by atoms with van der Waals surface area (Å²) in [7, 11) is -2.77. The van der Waals surface area contributed by atoms with Crippen molar-refractivity contribution in [1.29, 1.82) is 0 Å². The maximum atomic E-state index is 13.7. The summed E-state index contributed by atoms with van der Waals surface area (Å²) in [6, 6.07) is 7.36. The molecule has 0 saturated carbocycles. The van der Waals surface area contributed by atoms with Gasteiger partial charge in [0.25, 0.3) is 5.91 Å². The first kappa shape index (κ1) is 17.2. The molecule has 0 aromatic heterocycles. The highest BCUT2D eigenvalue weighted by atomic mass is 35.5. The van der Waals surface area contributed by atoms with Crippen molar-refractivity contribution in [2.75, 3.05) is 12.4 Å². The number of nitrogens with one attached hydrogen (secondary N) is 1. The van der Waals surface area contributed by atoms with Crippen molar-refractivity contribution in [2.45, 2.75) is 4.90 Å². The molecule has 0 heterocycles. The zero-order chi connectivity index (χ0) is 17.2. The van der Waals surface area contributed by atoms with Gasteiger partial charge in [0, 0.05) is 10.7 Å². The van der Waals surface area contributed by atoms with Crippen molar-refractivity contribution in [1.82, 2.24) is 0 Å². The van der Waals surface area contributed by atoms with E-state index in [-0.39, 0.29) is 26.9 Å². The average Bonchev–Trinajstić information content (AvgIpc) is 2.48. The lowest BCUT2D eigenvalue weighted by Crippen LogP contribution is -2.16. The second-order valence-electron chi connectivity index (χ2n) is 4.49. The van der Waals surface area contributed by atoms with Crippen molar-refractivity contribution in [2.24, 2.45) is 5.14 Å². The van der Waals surface area contributed by atoms with Gasteiger partial charge in [-0.2, -0.15) is 0 Å². The van der Waals surface area contributed by atoms with Gasteiger partial charge in [-0.1, -0.05) is 11.6 Å². The predicted octanol–water partition coefficient (Wildman–Crippen LogP) is 2.39. The van der Waals surface area contributed by atoms with E-state index >= 15 is 0 Å². The fourth-order valence-corrected chi connectivity index (χ4v) is 2.74. The van der Waals surface area contributed by atoms with E-state index in [0.717, 1.165) is 18.2 Å². The fourth-order valence-electron chi connectivity index (χ4n) is 1.85. The minimum absolute atomic E-state index is 0.0273. The van der Waals surface area contributed by atoms with Gasteiger partial charge in [-0.05, 0) is 36.4 Å². The SMILES string of the molecule is COc1ccc(NC(=O)c2cc(Cl)ccc2F)cc1S(N)(=O)=O. The number of carbonyl (C=O) groups excluding carboxylic acids is 1. The molecule has 0 aliphatic rings. The smallest absolute Gasteiger partial charge is 0.258 e. The summed E-state index contributed by atoms with van der Waals surface area (Å²) in [5.41, 5.74) is -0.162. The van der Waals surface area contributed by atoms with Crippen LogP contribution < -0.4 is 15.2 Å². The largest absolute Gasteiger partial charge is 0.495 e. The second-order valence-corrected chi connectivity index (χ2v) is 6.46. The molecular weight excluding hydrogens is 347 g/mol. The Bertz CT molecular complexity index is 871. The molecule has 2 aromatic carbocycles. The average molecular weight is 359 g/mol. The van der Waals surface area contributed by atoms with Crippen LogP contribution in [0.15, 0.2) is 41.3 Å². The normalized spacial score (nSPS) is 11.1. The molecule has 0 saturated heterocycles. The lowest BCUT2D eigenvalue weighted by atomic mass is 10.2. The van der Waals surface area contributed by atoms with E-state index in [1.165, 1.54) is 25.3 Å². The van der Waals surface area contributed by atoms with Gasteiger partial charge in [0.05, 0.1) is 12.7 Å². The van der Waals surface area contributed by atoms with E-state index in [1.807, 2.05) is 0 Å². The predicted molar refractivity (Wildman–Crippen MR) is 83.7 cm³/mol. The standard InChI is InChI=1S/C14H12ClFN2O4S/c1-22-12-5-3-9(7-13(12)23(17,20)21)18-14(19)10-6-8(15)2-4-11(10)16/h2-7H,1H3,(H,18,19)(H2,17,20,21). The molecule has 0 aliphatic heterocycles. The van der Waals surface area contributed by atoms with E-state index in [0.29, 0.717) is 0 Å². The van der Waals surface area contributed by atoms with Gasteiger partial charge in [-0.3, -0.25) is 4.79 Å². The maximum Gasteiger partial charge on any atom is 0.258 e. The van der Waals surface area contributed by atoms with E-state index in [1.54, 1.807) is 0 Å². The summed E-state index contributed by atoms with van der Waals surface area (Å²) < 4.78 is 41.6. The first-order chi connectivity index (χ1) is 10.7. The Morgan fingerprint density at radius 1 is 1.26 bits per heavy atom. The molecule has 0 aliphatic carbocycles. The summed E-state index contributed by atoms with van der Waals surface area (Å²) in [5.74, 6) is -1.51. The number of rotatable bonds is 4. The first-order valence-electron chi connectivity index (χ1n) is 6.19. The molecule has 2 aromatic rings. The number of halogens is 2. The number of sulfonamides is 1. The van der Waals surface area contributed by atoms with Gasteiger partial charge in [-0.25, -0.2) is 17.9 Å². The van der Waals surface area contributed by atoms with Crippen molar-refractivity contribution in [3.05, 3.63) is 52.8 Å². The molecule has 122 valence electrons. The van der Waals surface area contributed by atoms with Crippen LogP contribution in [0.4, 0.5) is 10.1 Å². The quantitative estimate of drug-likeness (QED) is 0.876. The van der Waals surface area contributed by atoms with Crippen LogP contribution in [0.3, 0.4) is 0 Å². The Hall–Kier alpha value is -2.16. The molecule has 0 fully saturated rings. The molecular formula is C14H12ClFN2O4S. The summed E-state index contributed by atoms with van der Waals surface area (Å²) >= 11 is 5.73. The van der Waals surface area contributed by atoms with E-state index in [2.05, 4.69) is 5.32 Å². The molecule has 23 heavy (non-hydrogen) atoms. The number of ether oxygens (including phenoxy) is 1. The lowest BCUT2D eigenvalue weighted by molar-refractivity contribution is 0.102. The Labute approximate surface area is 137 Å². The molecule has 6 nitrogen and oxygen atoms in total. The van der Waals surface area contributed by atoms with E-state index in [4.69, 9.17) is 21.5 Å². The summed E-state index contributed by atoms with van der Waals surface area (Å²) in [4.78, 5) is 11.8. The number of anilines is 1. The number of methoxy groups -OCH3 is 1. The molecule has 0 bridgehead atoms. The third-order valence-corrected chi connectivity index (χ3v) is 4.07. The highest BCUT2D eigenvalue weighted by molar-refractivity contribution is 7.89. The fraction of sp³-hybridized carbons (Fsp3) is 0.0714. The number of amides is 1. The highest BCUT2D eigenvalue weighted by Crippen LogP contribution is 2.26. The van der Waals surface area contributed by atoms with Crippen LogP contribution in [0.1, 0.15) is 10.4 Å². The third kappa shape index (κ3) is 3.98. The molecule has 2 rings (SSSR count). The minimum atomic E-state index is -4.05. The summed E-state index contributed by atoms with van der Waals surface area (Å²) in [6.45, 7) is 0. The molecule has 1 amide bonds. The Morgan fingerprint density at radius 3 is 2.57 bits per heavy atom. The molecule has 0 spiro atoms. The molecule has 0 atom stereocenters. The Kier molecular flexibility index (Phi) is 4.88. The van der Waals surface area contributed by atoms with Crippen LogP contribution in [-0.4, -0.2) is 21.4 Å². The van der Waals surface area contributed by atoms with Crippen LogP contribution in [0.25, 0.3) is 0 Å². The number of primary sulfonamides is 1. The van der Waals surface area contributed by atoms with Crippen molar-refractivity contribution >= 4 is 33.2 Å². The number of benzene rings is 2. The maximum absolute atomic E-state index is 13.7. The van der Waals surface area contributed by atoms with Gasteiger partial charge >= 0.3 is 0 Å².